The summed E-state index contributed by atoms with van der Waals surface area (Å²) in [4.78, 5) is 13.9. The van der Waals surface area contributed by atoms with E-state index in [2.05, 4.69) is 10.4 Å². The lowest BCUT2D eigenvalue weighted by Crippen LogP contribution is -2.52. The van der Waals surface area contributed by atoms with Gasteiger partial charge < -0.3 is 4.90 Å². The fraction of sp³-hybridized carbons (Fsp3) is 0.917. The quantitative estimate of drug-likeness (QED) is 0.767. The van der Waals surface area contributed by atoms with Crippen LogP contribution >= 0.6 is 0 Å². The minimum Gasteiger partial charge on any atom is -0.342 e. The molecule has 0 bridgehead atoms. The molecule has 16 heavy (non-hydrogen) atoms. The molecule has 1 aliphatic heterocycles. The van der Waals surface area contributed by atoms with Gasteiger partial charge in [-0.2, -0.15) is 0 Å². The molecule has 1 amide bonds. The summed E-state index contributed by atoms with van der Waals surface area (Å²) >= 11 is 0. The number of nitrogens with one attached hydrogen (secondary N) is 1. The molecule has 1 rings (SSSR count). The fourth-order valence-corrected chi connectivity index (χ4v) is 2.16. The summed E-state index contributed by atoms with van der Waals surface area (Å²) in [5, 5.41) is 2.19. The second-order valence-corrected chi connectivity index (χ2v) is 4.41. The molecule has 94 valence electrons. The second kappa shape index (κ2) is 6.86. The van der Waals surface area contributed by atoms with Crippen LogP contribution in [0.3, 0.4) is 0 Å². The highest BCUT2D eigenvalue weighted by atomic mass is 16.2. The van der Waals surface area contributed by atoms with Crippen LogP contribution in [0.5, 0.6) is 0 Å². The summed E-state index contributed by atoms with van der Waals surface area (Å²) < 4.78 is 0. The van der Waals surface area contributed by atoms with Gasteiger partial charge in [0.25, 0.3) is 0 Å². The summed E-state index contributed by atoms with van der Waals surface area (Å²) in [6.07, 6.45) is 3.79. The minimum atomic E-state index is -0.0991. The Bertz CT molecular complexity index is 210. The van der Waals surface area contributed by atoms with Crippen LogP contribution in [0.25, 0.3) is 0 Å². The summed E-state index contributed by atoms with van der Waals surface area (Å²) in [6, 6.07) is -0.0991. The number of carbonyl (C=O) groups excluding carboxylic acids is 1. The van der Waals surface area contributed by atoms with Gasteiger partial charge >= 0.3 is 0 Å². The topological polar surface area (TPSA) is 35.6 Å². The molecule has 4 heteroatoms. The van der Waals surface area contributed by atoms with Crippen molar-refractivity contribution in [1.82, 2.24) is 15.3 Å². The van der Waals surface area contributed by atoms with Crippen molar-refractivity contribution in [3.63, 3.8) is 0 Å². The molecule has 1 fully saturated rings. The number of likely N-dealkylation sites (N-methyl/N-ethyl adjacent to an activating group) is 1. The van der Waals surface area contributed by atoms with Crippen LogP contribution in [0.2, 0.25) is 0 Å². The Labute approximate surface area is 98.9 Å². The Hall–Kier alpha value is -0.610. The average Bonchev–Trinajstić information content (AvgIpc) is 2.31. The van der Waals surface area contributed by atoms with Gasteiger partial charge in [-0.25, -0.2) is 10.4 Å². The van der Waals surface area contributed by atoms with Crippen molar-refractivity contribution in [2.75, 3.05) is 26.2 Å². The molecule has 1 N–H and O–H groups in total. The van der Waals surface area contributed by atoms with Crippen LogP contribution in [0.4, 0.5) is 0 Å². The first-order chi connectivity index (χ1) is 7.69. The molecule has 1 aliphatic rings. The van der Waals surface area contributed by atoms with Gasteiger partial charge in [-0.3, -0.25) is 4.79 Å². The average molecular weight is 227 g/mol. The van der Waals surface area contributed by atoms with E-state index in [-0.39, 0.29) is 11.9 Å². The van der Waals surface area contributed by atoms with Crippen LogP contribution in [0.1, 0.15) is 40.0 Å². The molecule has 1 atom stereocenters. The van der Waals surface area contributed by atoms with E-state index in [1.165, 1.54) is 19.3 Å². The molecule has 0 saturated carbocycles. The Balaban J connectivity index is 2.37. The molecule has 4 nitrogen and oxygen atoms in total. The molecule has 1 heterocycles. The molecule has 0 aliphatic carbocycles. The zero-order valence-electron chi connectivity index (χ0n) is 10.8. The molecule has 0 aromatic carbocycles. The number of piperidine rings is 1. The van der Waals surface area contributed by atoms with Crippen molar-refractivity contribution in [1.29, 1.82) is 0 Å². The van der Waals surface area contributed by atoms with E-state index in [1.807, 2.05) is 25.7 Å². The number of hydrazine groups is 1. The molecule has 1 unspecified atom stereocenters. The van der Waals surface area contributed by atoms with Crippen molar-refractivity contribution in [2.24, 2.45) is 0 Å². The van der Waals surface area contributed by atoms with Gasteiger partial charge in [0, 0.05) is 26.2 Å². The van der Waals surface area contributed by atoms with E-state index < -0.39 is 0 Å². The normalized spacial score (nSPS) is 19.4. The zero-order chi connectivity index (χ0) is 12.0. The maximum atomic E-state index is 12.0. The highest BCUT2D eigenvalue weighted by Crippen LogP contribution is 2.07. The SMILES string of the molecule is CCN(CC)C(=O)C(C)NN1CCCCC1. The first-order valence-corrected chi connectivity index (χ1v) is 6.49. The van der Waals surface area contributed by atoms with Gasteiger partial charge in [-0.05, 0) is 33.6 Å². The van der Waals surface area contributed by atoms with E-state index in [1.54, 1.807) is 0 Å². The van der Waals surface area contributed by atoms with Crippen molar-refractivity contribution < 1.29 is 4.79 Å². The van der Waals surface area contributed by atoms with Gasteiger partial charge in [0.15, 0.2) is 0 Å². The smallest absolute Gasteiger partial charge is 0.240 e. The number of hydrogen-bond donors (Lipinski definition) is 1. The van der Waals surface area contributed by atoms with Gasteiger partial charge in [0.2, 0.25) is 5.91 Å². The predicted molar refractivity (Wildman–Crippen MR) is 65.9 cm³/mol. The Morgan fingerprint density at radius 1 is 1.25 bits per heavy atom. The van der Waals surface area contributed by atoms with Crippen LogP contribution in [0.15, 0.2) is 0 Å². The van der Waals surface area contributed by atoms with Gasteiger partial charge in [-0.15, -0.1) is 0 Å². The largest absolute Gasteiger partial charge is 0.342 e. The lowest BCUT2D eigenvalue weighted by Gasteiger charge is -2.31. The van der Waals surface area contributed by atoms with Crippen LogP contribution < -0.4 is 5.43 Å². The van der Waals surface area contributed by atoms with Gasteiger partial charge in [-0.1, -0.05) is 6.42 Å². The van der Waals surface area contributed by atoms with E-state index >= 15 is 0 Å². The van der Waals surface area contributed by atoms with Crippen LogP contribution in [-0.2, 0) is 4.79 Å². The molecule has 0 aromatic rings. The van der Waals surface area contributed by atoms with Crippen molar-refractivity contribution >= 4 is 5.91 Å². The van der Waals surface area contributed by atoms with E-state index in [9.17, 15) is 4.79 Å². The Morgan fingerprint density at radius 2 is 1.81 bits per heavy atom. The van der Waals surface area contributed by atoms with Crippen molar-refractivity contribution in [3.05, 3.63) is 0 Å². The molecule has 1 saturated heterocycles. The van der Waals surface area contributed by atoms with Crippen molar-refractivity contribution in [2.45, 2.75) is 46.1 Å². The van der Waals surface area contributed by atoms with Gasteiger partial charge in [0.05, 0.1) is 6.04 Å². The molecule has 0 spiro atoms. The maximum absolute atomic E-state index is 12.0. The van der Waals surface area contributed by atoms with E-state index in [4.69, 9.17) is 0 Å². The molecule has 0 aromatic heterocycles. The number of amides is 1. The van der Waals surface area contributed by atoms with Crippen LogP contribution in [-0.4, -0.2) is 48.0 Å². The number of hydrogen-bond acceptors (Lipinski definition) is 3. The van der Waals surface area contributed by atoms with E-state index in [0.29, 0.717) is 0 Å². The first kappa shape index (κ1) is 13.5. The zero-order valence-corrected chi connectivity index (χ0v) is 10.8. The first-order valence-electron chi connectivity index (χ1n) is 6.49. The predicted octanol–water partition coefficient (Wildman–Crippen LogP) is 1.23. The van der Waals surface area contributed by atoms with E-state index in [0.717, 1.165) is 26.2 Å². The van der Waals surface area contributed by atoms with Crippen molar-refractivity contribution in [3.8, 4) is 0 Å². The maximum Gasteiger partial charge on any atom is 0.240 e. The second-order valence-electron chi connectivity index (χ2n) is 4.41. The summed E-state index contributed by atoms with van der Waals surface area (Å²) in [5.74, 6) is 0.204. The lowest BCUT2D eigenvalue weighted by atomic mass is 10.2. The fourth-order valence-electron chi connectivity index (χ4n) is 2.16. The summed E-state index contributed by atoms with van der Waals surface area (Å²) in [7, 11) is 0. The summed E-state index contributed by atoms with van der Waals surface area (Å²) in [6.45, 7) is 9.72. The third-order valence-electron chi connectivity index (χ3n) is 3.18. The Kier molecular flexibility index (Phi) is 5.77. The number of carbonyl (C=O) groups is 1. The molecular weight excluding hydrogens is 202 g/mol. The third kappa shape index (κ3) is 3.76. The highest BCUT2D eigenvalue weighted by molar-refractivity contribution is 5.81. The van der Waals surface area contributed by atoms with Gasteiger partial charge in [0.1, 0.15) is 0 Å². The highest BCUT2D eigenvalue weighted by Gasteiger charge is 2.20. The molecular formula is C12H25N3O. The Morgan fingerprint density at radius 3 is 2.31 bits per heavy atom. The number of rotatable bonds is 5. The monoisotopic (exact) mass is 227 g/mol. The number of nitrogens with zero attached hydrogens (tertiary/aromatic N) is 2. The minimum absolute atomic E-state index is 0.0991. The standard InChI is InChI=1S/C12H25N3O/c1-4-14(5-2)12(16)11(3)13-15-9-7-6-8-10-15/h11,13H,4-10H2,1-3H3. The lowest BCUT2D eigenvalue weighted by molar-refractivity contribution is -0.134. The third-order valence-corrected chi connectivity index (χ3v) is 3.18. The molecule has 0 radical (unpaired) electrons. The summed E-state index contributed by atoms with van der Waals surface area (Å²) in [5.41, 5.74) is 3.31. The van der Waals surface area contributed by atoms with Crippen LogP contribution in [0, 0.1) is 0 Å².